The number of nitrogens with zero attached hydrogens (tertiary/aromatic N) is 4. The van der Waals surface area contributed by atoms with Crippen molar-refractivity contribution in [1.29, 1.82) is 0 Å². The van der Waals surface area contributed by atoms with Gasteiger partial charge in [0.2, 0.25) is 11.8 Å². The SMILES string of the molecule is CCn1c(O)c(C=C=CC=Cc2c(O)n(CC)c(=S)n(CC)c2=O)c(=O)n(CC)c1=S. The summed E-state index contributed by atoms with van der Waals surface area (Å²) in [5, 5.41) is 20.8. The fraction of sp³-hybridized carbons (Fsp3) is 0.381. The molecule has 0 fully saturated rings. The van der Waals surface area contributed by atoms with Crippen LogP contribution in [0.2, 0.25) is 0 Å². The van der Waals surface area contributed by atoms with Crippen molar-refractivity contribution in [1.82, 2.24) is 18.3 Å². The van der Waals surface area contributed by atoms with Crippen molar-refractivity contribution in [2.24, 2.45) is 0 Å². The molecule has 0 amide bonds. The topological polar surface area (TPSA) is 94.3 Å². The van der Waals surface area contributed by atoms with Gasteiger partial charge in [-0.25, -0.2) is 0 Å². The molecule has 0 aromatic carbocycles. The molecule has 0 bridgehead atoms. The monoisotopic (exact) mass is 462 g/mol. The summed E-state index contributed by atoms with van der Waals surface area (Å²) in [7, 11) is 0. The lowest BCUT2D eigenvalue weighted by atomic mass is 10.2. The summed E-state index contributed by atoms with van der Waals surface area (Å²) >= 11 is 10.5. The molecule has 31 heavy (non-hydrogen) atoms. The molecule has 0 spiro atoms. The zero-order valence-electron chi connectivity index (χ0n) is 18.0. The highest BCUT2D eigenvalue weighted by molar-refractivity contribution is 7.71. The third-order valence-electron chi connectivity index (χ3n) is 4.82. The van der Waals surface area contributed by atoms with Crippen LogP contribution >= 0.6 is 24.4 Å². The Morgan fingerprint density at radius 1 is 0.774 bits per heavy atom. The Morgan fingerprint density at radius 3 is 1.65 bits per heavy atom. The van der Waals surface area contributed by atoms with Crippen LogP contribution in [0.3, 0.4) is 0 Å². The van der Waals surface area contributed by atoms with Crippen LogP contribution in [-0.2, 0) is 26.2 Å². The summed E-state index contributed by atoms with van der Waals surface area (Å²) in [5.74, 6) is -0.426. The van der Waals surface area contributed by atoms with Gasteiger partial charge in [-0.05, 0) is 70.4 Å². The molecule has 2 rings (SSSR count). The van der Waals surface area contributed by atoms with Gasteiger partial charge in [-0.15, -0.1) is 5.73 Å². The minimum atomic E-state index is -0.409. The Kier molecular flexibility index (Phi) is 8.15. The Labute approximate surface area is 190 Å². The second-order valence-corrected chi connectivity index (χ2v) is 7.19. The van der Waals surface area contributed by atoms with Crippen LogP contribution in [0.15, 0.2) is 27.5 Å². The summed E-state index contributed by atoms with van der Waals surface area (Å²) < 4.78 is 6.26. The fourth-order valence-corrected chi connectivity index (χ4v) is 4.01. The van der Waals surface area contributed by atoms with Crippen LogP contribution < -0.4 is 11.1 Å². The van der Waals surface area contributed by atoms with E-state index in [1.54, 1.807) is 13.8 Å². The molecule has 0 atom stereocenters. The van der Waals surface area contributed by atoms with Crippen molar-refractivity contribution in [3.63, 3.8) is 0 Å². The molecule has 0 aliphatic heterocycles. The van der Waals surface area contributed by atoms with E-state index in [2.05, 4.69) is 5.73 Å². The second kappa shape index (κ2) is 10.4. The van der Waals surface area contributed by atoms with E-state index in [-0.39, 0.29) is 32.4 Å². The minimum Gasteiger partial charge on any atom is -0.494 e. The van der Waals surface area contributed by atoms with Gasteiger partial charge < -0.3 is 10.2 Å². The number of hydrogen-bond donors (Lipinski definition) is 2. The smallest absolute Gasteiger partial charge is 0.266 e. The van der Waals surface area contributed by atoms with Crippen molar-refractivity contribution in [2.45, 2.75) is 53.9 Å². The Bertz CT molecular complexity index is 1320. The molecule has 2 aromatic rings. The molecule has 2 heterocycles. The van der Waals surface area contributed by atoms with Gasteiger partial charge in [0.05, 0.1) is 0 Å². The molecule has 0 saturated carbocycles. The van der Waals surface area contributed by atoms with Gasteiger partial charge >= 0.3 is 0 Å². The Morgan fingerprint density at radius 2 is 1.19 bits per heavy atom. The van der Waals surface area contributed by atoms with Gasteiger partial charge in [0.1, 0.15) is 11.1 Å². The van der Waals surface area contributed by atoms with E-state index in [4.69, 9.17) is 24.4 Å². The normalized spacial score (nSPS) is 11.0. The van der Waals surface area contributed by atoms with Gasteiger partial charge in [-0.2, -0.15) is 0 Å². The third kappa shape index (κ3) is 4.56. The molecule has 166 valence electrons. The fourth-order valence-electron chi connectivity index (χ4n) is 3.15. The maximum Gasteiger partial charge on any atom is 0.266 e. The van der Waals surface area contributed by atoms with Crippen molar-refractivity contribution in [3.05, 3.63) is 59.3 Å². The van der Waals surface area contributed by atoms with E-state index in [0.717, 1.165) is 0 Å². The second-order valence-electron chi connectivity index (χ2n) is 6.46. The molecule has 0 saturated heterocycles. The van der Waals surface area contributed by atoms with E-state index >= 15 is 0 Å². The first kappa shape index (κ1) is 24.3. The Balaban J connectivity index is 2.54. The predicted octanol–water partition coefficient (Wildman–Crippen LogP) is 3.44. The van der Waals surface area contributed by atoms with Crippen molar-refractivity contribution in [2.75, 3.05) is 0 Å². The van der Waals surface area contributed by atoms with E-state index < -0.39 is 11.1 Å². The lowest BCUT2D eigenvalue weighted by Gasteiger charge is -2.13. The van der Waals surface area contributed by atoms with E-state index in [1.165, 1.54) is 42.6 Å². The first-order valence-electron chi connectivity index (χ1n) is 9.97. The lowest BCUT2D eigenvalue weighted by Crippen LogP contribution is -2.26. The zero-order valence-corrected chi connectivity index (χ0v) is 19.6. The molecule has 0 aliphatic carbocycles. The summed E-state index contributed by atoms with van der Waals surface area (Å²) in [6.07, 6.45) is 5.80. The van der Waals surface area contributed by atoms with Crippen LogP contribution in [0.1, 0.15) is 38.8 Å². The number of aromatic hydroxyl groups is 2. The summed E-state index contributed by atoms with van der Waals surface area (Å²) in [6, 6.07) is 0. The molecule has 0 unspecified atom stereocenters. The van der Waals surface area contributed by atoms with E-state index in [1.807, 2.05) is 13.8 Å². The van der Waals surface area contributed by atoms with Gasteiger partial charge in [0, 0.05) is 26.2 Å². The first-order chi connectivity index (χ1) is 14.7. The zero-order chi connectivity index (χ0) is 23.3. The summed E-state index contributed by atoms with van der Waals surface area (Å²) in [5.41, 5.74) is 2.18. The van der Waals surface area contributed by atoms with E-state index in [0.29, 0.717) is 26.2 Å². The van der Waals surface area contributed by atoms with Crippen LogP contribution in [0.5, 0.6) is 11.8 Å². The maximum atomic E-state index is 12.6. The van der Waals surface area contributed by atoms with Gasteiger partial charge in [0.25, 0.3) is 11.1 Å². The van der Waals surface area contributed by atoms with E-state index in [9.17, 15) is 19.8 Å². The number of aromatic nitrogens is 4. The largest absolute Gasteiger partial charge is 0.494 e. The molecule has 10 heteroatoms. The molecule has 8 nitrogen and oxygen atoms in total. The molecule has 0 radical (unpaired) electrons. The quantitative estimate of drug-likeness (QED) is 0.372. The first-order valence-corrected chi connectivity index (χ1v) is 10.8. The highest BCUT2D eigenvalue weighted by atomic mass is 32.1. The number of allylic oxidation sites excluding steroid dienone is 2. The standard InChI is InChI=1S/C21H26N4O4S2/c1-5-22-16(26)14(17(27)23(6-2)20(22)30)12-10-9-11-13-15-18(28)24(7-3)21(31)25(8-4)19(15)29/h9-10,12-13,26,28H,5-8H2,1-4H3. The number of hydrogen-bond acceptors (Lipinski definition) is 6. The van der Waals surface area contributed by atoms with Crippen molar-refractivity contribution >= 4 is 36.6 Å². The van der Waals surface area contributed by atoms with Gasteiger partial charge in [0.15, 0.2) is 9.54 Å². The number of rotatable bonds is 7. The molecule has 2 aromatic heterocycles. The minimum absolute atomic E-state index is 0.0671. The summed E-state index contributed by atoms with van der Waals surface area (Å²) in [4.78, 5) is 25.2. The highest BCUT2D eigenvalue weighted by Gasteiger charge is 2.14. The highest BCUT2D eigenvalue weighted by Crippen LogP contribution is 2.17. The average molecular weight is 463 g/mol. The molecule has 0 aliphatic rings. The summed E-state index contributed by atoms with van der Waals surface area (Å²) in [6.45, 7) is 8.83. The maximum absolute atomic E-state index is 12.6. The molecular weight excluding hydrogens is 436 g/mol. The average Bonchev–Trinajstić information content (AvgIpc) is 2.73. The molecular formula is C21H26N4O4S2. The van der Waals surface area contributed by atoms with Gasteiger partial charge in [-0.3, -0.25) is 27.9 Å². The lowest BCUT2D eigenvalue weighted by molar-refractivity contribution is 0.398. The van der Waals surface area contributed by atoms with Crippen LogP contribution in [0.4, 0.5) is 0 Å². The van der Waals surface area contributed by atoms with Crippen LogP contribution in [0.25, 0.3) is 12.2 Å². The third-order valence-corrected chi connectivity index (χ3v) is 5.70. The van der Waals surface area contributed by atoms with Crippen molar-refractivity contribution in [3.8, 4) is 11.8 Å². The van der Waals surface area contributed by atoms with Crippen LogP contribution in [-0.4, -0.2) is 28.5 Å². The molecule has 2 N–H and O–H groups in total. The van der Waals surface area contributed by atoms with Crippen LogP contribution in [0, 0.1) is 9.54 Å². The Hall–Kier alpha value is -2.94. The van der Waals surface area contributed by atoms with Gasteiger partial charge in [-0.1, -0.05) is 6.08 Å². The van der Waals surface area contributed by atoms with Crippen molar-refractivity contribution < 1.29 is 10.2 Å². The predicted molar refractivity (Wildman–Crippen MR) is 127 cm³/mol.